The summed E-state index contributed by atoms with van der Waals surface area (Å²) in [5, 5.41) is 5.17. The standard InChI is InChI=1S/C14H21N5O3/c1-10(2)11-8-12(21)18-13(17-11)19-14(22)16-7-5-3-4-6-15-9-20/h8,10H,3-7H2,1-2H3,(H3,16,17,18,19,21,22). The number of carbonyl (C=O) groups excluding carboxylic acids is 2. The van der Waals surface area contributed by atoms with Crippen molar-refractivity contribution in [3.05, 3.63) is 22.1 Å². The van der Waals surface area contributed by atoms with Crippen LogP contribution in [0, 0.1) is 0 Å². The lowest BCUT2D eigenvalue weighted by molar-refractivity contribution is 0.251. The Hall–Kier alpha value is -2.47. The number of aliphatic imine (C=N–C) groups is 1. The Morgan fingerprint density at radius 3 is 2.86 bits per heavy atom. The maximum atomic E-state index is 11.7. The van der Waals surface area contributed by atoms with Crippen molar-refractivity contribution in [2.45, 2.75) is 39.0 Å². The molecule has 120 valence electrons. The number of hydrogen-bond acceptors (Lipinski definition) is 5. The number of nitrogens with one attached hydrogen (secondary N) is 3. The quantitative estimate of drug-likeness (QED) is 0.383. The number of carbonyl (C=O) groups is 1. The van der Waals surface area contributed by atoms with E-state index in [2.05, 4.69) is 25.6 Å². The van der Waals surface area contributed by atoms with E-state index in [-0.39, 0.29) is 11.9 Å². The molecule has 0 fully saturated rings. The Morgan fingerprint density at radius 1 is 1.41 bits per heavy atom. The molecule has 1 aromatic rings. The number of nitrogens with zero attached hydrogens (tertiary/aromatic N) is 2. The second-order valence-electron chi connectivity index (χ2n) is 5.09. The van der Waals surface area contributed by atoms with E-state index in [9.17, 15) is 14.4 Å². The maximum absolute atomic E-state index is 11.7. The van der Waals surface area contributed by atoms with Gasteiger partial charge in [-0.2, -0.15) is 4.98 Å². The molecular formula is C14H21N5O3. The number of aromatic nitrogens is 2. The molecule has 0 aliphatic rings. The molecule has 0 unspecified atom stereocenters. The molecule has 8 nitrogen and oxygen atoms in total. The second-order valence-corrected chi connectivity index (χ2v) is 5.09. The van der Waals surface area contributed by atoms with E-state index in [4.69, 9.17) is 0 Å². The van der Waals surface area contributed by atoms with E-state index in [1.165, 1.54) is 12.1 Å². The molecule has 1 heterocycles. The minimum Gasteiger partial charge on any atom is -0.338 e. The van der Waals surface area contributed by atoms with Gasteiger partial charge in [0.1, 0.15) is 0 Å². The summed E-state index contributed by atoms with van der Waals surface area (Å²) < 4.78 is 0. The lowest BCUT2D eigenvalue weighted by Gasteiger charge is -2.09. The molecule has 1 rings (SSSR count). The second kappa shape index (κ2) is 9.46. The molecule has 1 aromatic heterocycles. The van der Waals surface area contributed by atoms with Gasteiger partial charge in [-0.1, -0.05) is 13.8 Å². The summed E-state index contributed by atoms with van der Waals surface area (Å²) in [5.41, 5.74) is 0.319. The van der Waals surface area contributed by atoms with Gasteiger partial charge in [0.05, 0.1) is 6.54 Å². The van der Waals surface area contributed by atoms with Crippen LogP contribution in [-0.4, -0.2) is 35.2 Å². The fraction of sp³-hybridized carbons (Fsp3) is 0.571. The normalized spacial score (nSPS) is 10.1. The van der Waals surface area contributed by atoms with Crippen LogP contribution in [0.1, 0.15) is 44.7 Å². The van der Waals surface area contributed by atoms with Crippen LogP contribution in [0.5, 0.6) is 0 Å². The Morgan fingerprint density at radius 2 is 2.18 bits per heavy atom. The predicted molar refractivity (Wildman–Crippen MR) is 82.8 cm³/mol. The highest BCUT2D eigenvalue weighted by Crippen LogP contribution is 2.09. The third kappa shape index (κ3) is 6.81. The maximum Gasteiger partial charge on any atom is 0.321 e. The number of urea groups is 1. The highest BCUT2D eigenvalue weighted by molar-refractivity contribution is 5.87. The summed E-state index contributed by atoms with van der Waals surface area (Å²) in [6.45, 7) is 4.82. The van der Waals surface area contributed by atoms with E-state index in [0.717, 1.165) is 19.3 Å². The van der Waals surface area contributed by atoms with E-state index < -0.39 is 11.6 Å². The van der Waals surface area contributed by atoms with Gasteiger partial charge in [0.15, 0.2) is 0 Å². The summed E-state index contributed by atoms with van der Waals surface area (Å²) in [5.74, 6) is 0.266. The molecule has 0 spiro atoms. The molecular weight excluding hydrogens is 286 g/mol. The van der Waals surface area contributed by atoms with Gasteiger partial charge in [0, 0.05) is 18.3 Å². The van der Waals surface area contributed by atoms with Crippen molar-refractivity contribution in [2.75, 3.05) is 18.4 Å². The van der Waals surface area contributed by atoms with E-state index in [0.29, 0.717) is 18.8 Å². The number of H-pyrrole nitrogens is 1. The zero-order valence-electron chi connectivity index (χ0n) is 12.8. The molecule has 0 atom stereocenters. The molecule has 0 radical (unpaired) electrons. The first kappa shape index (κ1) is 17.6. The van der Waals surface area contributed by atoms with Gasteiger partial charge in [0.25, 0.3) is 5.56 Å². The van der Waals surface area contributed by atoms with Gasteiger partial charge >= 0.3 is 6.03 Å². The molecule has 2 amide bonds. The van der Waals surface area contributed by atoms with Gasteiger partial charge in [-0.05, 0) is 25.2 Å². The van der Waals surface area contributed by atoms with Crippen molar-refractivity contribution in [2.24, 2.45) is 4.99 Å². The van der Waals surface area contributed by atoms with Crippen LogP contribution in [0.15, 0.2) is 15.9 Å². The number of hydrogen-bond donors (Lipinski definition) is 3. The van der Waals surface area contributed by atoms with Gasteiger partial charge in [-0.3, -0.25) is 10.1 Å². The van der Waals surface area contributed by atoms with Crippen LogP contribution < -0.4 is 16.2 Å². The number of rotatable bonds is 8. The molecule has 0 saturated heterocycles. The first-order valence-electron chi connectivity index (χ1n) is 7.22. The topological polar surface area (TPSA) is 116 Å². The largest absolute Gasteiger partial charge is 0.338 e. The summed E-state index contributed by atoms with van der Waals surface area (Å²) in [4.78, 5) is 43.0. The zero-order chi connectivity index (χ0) is 16.4. The minimum atomic E-state index is -0.421. The van der Waals surface area contributed by atoms with Crippen molar-refractivity contribution >= 4 is 18.1 Å². The molecule has 0 saturated carbocycles. The monoisotopic (exact) mass is 307 g/mol. The smallest absolute Gasteiger partial charge is 0.321 e. The van der Waals surface area contributed by atoms with Crippen LogP contribution in [0.25, 0.3) is 0 Å². The highest BCUT2D eigenvalue weighted by Gasteiger charge is 2.07. The molecule has 0 bridgehead atoms. The summed E-state index contributed by atoms with van der Waals surface area (Å²) in [6, 6.07) is 0.991. The van der Waals surface area contributed by atoms with Crippen molar-refractivity contribution in [1.29, 1.82) is 0 Å². The van der Waals surface area contributed by atoms with Crippen molar-refractivity contribution < 1.29 is 9.59 Å². The van der Waals surface area contributed by atoms with Crippen LogP contribution in [0.2, 0.25) is 0 Å². The number of anilines is 1. The highest BCUT2D eigenvalue weighted by atomic mass is 16.2. The number of isocyanates is 1. The first-order valence-corrected chi connectivity index (χ1v) is 7.22. The Kier molecular flexibility index (Phi) is 7.56. The first-order chi connectivity index (χ1) is 10.5. The van der Waals surface area contributed by atoms with E-state index in [1.807, 2.05) is 13.8 Å². The van der Waals surface area contributed by atoms with Gasteiger partial charge in [0.2, 0.25) is 12.0 Å². The van der Waals surface area contributed by atoms with Crippen molar-refractivity contribution in [1.82, 2.24) is 15.3 Å². The molecule has 8 heteroatoms. The Bertz CT molecular complexity index is 590. The SMILES string of the molecule is CC(C)c1cc(=O)nc(NC(=O)NCCCCCN=C=O)[nH]1. The van der Waals surface area contributed by atoms with Gasteiger partial charge < -0.3 is 10.3 Å². The third-order valence-electron chi connectivity index (χ3n) is 2.91. The van der Waals surface area contributed by atoms with Crippen LogP contribution in [0.3, 0.4) is 0 Å². The van der Waals surface area contributed by atoms with Crippen LogP contribution in [-0.2, 0) is 4.79 Å². The average Bonchev–Trinajstić information content (AvgIpc) is 2.45. The lowest BCUT2D eigenvalue weighted by Crippen LogP contribution is -2.31. The van der Waals surface area contributed by atoms with Gasteiger partial charge in [-0.25, -0.2) is 14.6 Å². The van der Waals surface area contributed by atoms with Gasteiger partial charge in [-0.15, -0.1) is 0 Å². The molecule has 0 aliphatic carbocycles. The molecule has 0 aliphatic heterocycles. The summed E-state index contributed by atoms with van der Waals surface area (Å²) in [6.07, 6.45) is 3.89. The Balaban J connectivity index is 2.36. The summed E-state index contributed by atoms with van der Waals surface area (Å²) >= 11 is 0. The van der Waals surface area contributed by atoms with E-state index >= 15 is 0 Å². The Labute approximate surface area is 128 Å². The average molecular weight is 307 g/mol. The zero-order valence-corrected chi connectivity index (χ0v) is 12.8. The molecule has 22 heavy (non-hydrogen) atoms. The number of unbranched alkanes of at least 4 members (excludes halogenated alkanes) is 2. The third-order valence-corrected chi connectivity index (χ3v) is 2.91. The molecule has 0 aromatic carbocycles. The van der Waals surface area contributed by atoms with Crippen LogP contribution >= 0.6 is 0 Å². The number of aromatic amines is 1. The fourth-order valence-electron chi connectivity index (χ4n) is 1.74. The number of amides is 2. The van der Waals surface area contributed by atoms with Crippen LogP contribution in [0.4, 0.5) is 10.7 Å². The van der Waals surface area contributed by atoms with E-state index in [1.54, 1.807) is 0 Å². The minimum absolute atomic E-state index is 0.133. The predicted octanol–water partition coefficient (Wildman–Crippen LogP) is 1.52. The molecule has 3 N–H and O–H groups in total. The summed E-state index contributed by atoms with van der Waals surface area (Å²) in [7, 11) is 0. The fourth-order valence-corrected chi connectivity index (χ4v) is 1.74. The lowest BCUT2D eigenvalue weighted by atomic mass is 10.1. The van der Waals surface area contributed by atoms with Crippen molar-refractivity contribution in [3.63, 3.8) is 0 Å². The van der Waals surface area contributed by atoms with Crippen molar-refractivity contribution in [3.8, 4) is 0 Å².